The lowest BCUT2D eigenvalue weighted by molar-refractivity contribution is -0.125. The van der Waals surface area contributed by atoms with Crippen LogP contribution in [0.5, 0.6) is 5.88 Å². The van der Waals surface area contributed by atoms with E-state index < -0.39 is 0 Å². The summed E-state index contributed by atoms with van der Waals surface area (Å²) in [7, 11) is 5.77. The fourth-order valence-corrected chi connectivity index (χ4v) is 3.83. The fourth-order valence-electron chi connectivity index (χ4n) is 3.83. The molecule has 140 valence electrons. The van der Waals surface area contributed by atoms with E-state index in [-0.39, 0.29) is 11.5 Å². The van der Waals surface area contributed by atoms with Crippen molar-refractivity contribution in [3.8, 4) is 5.88 Å². The largest absolute Gasteiger partial charge is 0.481 e. The van der Waals surface area contributed by atoms with Crippen LogP contribution in [-0.2, 0) is 9.47 Å². The molecule has 2 aliphatic heterocycles. The summed E-state index contributed by atoms with van der Waals surface area (Å²) in [6, 6.07) is 1.91. The molecule has 0 spiro atoms. The second kappa shape index (κ2) is 8.29. The average Bonchev–Trinajstić information content (AvgIpc) is 2.64. The van der Waals surface area contributed by atoms with Gasteiger partial charge in [0.2, 0.25) is 5.88 Å². The highest BCUT2D eigenvalue weighted by Crippen LogP contribution is 2.41. The van der Waals surface area contributed by atoms with Gasteiger partial charge in [-0.2, -0.15) is 0 Å². The fraction of sp³-hybridized carbons (Fsp3) is 0.778. The van der Waals surface area contributed by atoms with Gasteiger partial charge in [0.15, 0.2) is 0 Å². The molecule has 0 unspecified atom stereocenters. The Kier molecular flexibility index (Phi) is 6.09. The minimum Gasteiger partial charge on any atom is -0.481 e. The zero-order chi connectivity index (χ0) is 17.7. The minimum absolute atomic E-state index is 0.0427. The highest BCUT2D eigenvalue weighted by molar-refractivity contribution is 5.42. The maximum atomic E-state index is 6.12. The lowest BCUT2D eigenvalue weighted by Crippen LogP contribution is -2.57. The van der Waals surface area contributed by atoms with Crippen LogP contribution >= 0.6 is 0 Å². The molecule has 1 aromatic heterocycles. The van der Waals surface area contributed by atoms with Crippen LogP contribution in [0.25, 0.3) is 0 Å². The van der Waals surface area contributed by atoms with Crippen molar-refractivity contribution >= 4 is 5.82 Å². The third-order valence-corrected chi connectivity index (χ3v) is 5.22. The van der Waals surface area contributed by atoms with E-state index >= 15 is 0 Å². The SMILES string of the molecule is COc1cc(N2CC[C@@H]3OCCC[C@@]3(COCCN(C)C)C2)ncn1. The van der Waals surface area contributed by atoms with Gasteiger partial charge in [-0.05, 0) is 33.4 Å². The quantitative estimate of drug-likeness (QED) is 0.690. The van der Waals surface area contributed by atoms with Gasteiger partial charge < -0.3 is 24.0 Å². The van der Waals surface area contributed by atoms with Crippen molar-refractivity contribution in [2.24, 2.45) is 5.41 Å². The van der Waals surface area contributed by atoms with E-state index in [1.807, 2.05) is 6.07 Å². The minimum atomic E-state index is 0.0427. The summed E-state index contributed by atoms with van der Waals surface area (Å²) >= 11 is 0. The summed E-state index contributed by atoms with van der Waals surface area (Å²) in [5, 5.41) is 0. The van der Waals surface area contributed by atoms with Crippen molar-refractivity contribution in [1.29, 1.82) is 0 Å². The summed E-state index contributed by atoms with van der Waals surface area (Å²) < 4.78 is 17.4. The Balaban J connectivity index is 1.70. The van der Waals surface area contributed by atoms with Crippen LogP contribution in [0.2, 0.25) is 0 Å². The molecule has 0 saturated carbocycles. The number of aromatic nitrogens is 2. The van der Waals surface area contributed by atoms with Crippen LogP contribution in [0.1, 0.15) is 19.3 Å². The predicted octanol–water partition coefficient (Wildman–Crippen LogP) is 1.44. The number of hydrogen-bond acceptors (Lipinski definition) is 7. The van der Waals surface area contributed by atoms with E-state index in [1.54, 1.807) is 13.4 Å². The van der Waals surface area contributed by atoms with E-state index in [1.165, 1.54) is 0 Å². The van der Waals surface area contributed by atoms with Gasteiger partial charge in [0, 0.05) is 37.7 Å². The summed E-state index contributed by atoms with van der Waals surface area (Å²) in [4.78, 5) is 13.0. The zero-order valence-electron chi connectivity index (χ0n) is 15.6. The van der Waals surface area contributed by atoms with Crippen molar-refractivity contribution < 1.29 is 14.2 Å². The number of nitrogens with zero attached hydrogens (tertiary/aromatic N) is 4. The first-order chi connectivity index (χ1) is 12.1. The molecule has 0 N–H and O–H groups in total. The number of ether oxygens (including phenoxy) is 3. The molecule has 0 aromatic carbocycles. The third kappa shape index (κ3) is 4.40. The average molecular weight is 350 g/mol. The number of fused-ring (bicyclic) bond motifs is 1. The standard InChI is InChI=1S/C18H30N4O3/c1-21(2)8-10-24-13-18-6-4-9-25-15(18)5-7-22(12-18)16-11-17(23-3)20-14-19-16/h11,14-15H,4-10,12-13H2,1-3H3/t15-,18-/m0/s1. The van der Waals surface area contributed by atoms with Crippen LogP contribution in [0.4, 0.5) is 5.82 Å². The lowest BCUT2D eigenvalue weighted by Gasteiger charge is -2.50. The smallest absolute Gasteiger partial charge is 0.218 e. The Bertz CT molecular complexity index is 557. The molecule has 2 aliphatic rings. The van der Waals surface area contributed by atoms with Gasteiger partial charge in [-0.15, -0.1) is 0 Å². The van der Waals surface area contributed by atoms with Gasteiger partial charge in [-0.3, -0.25) is 0 Å². The highest BCUT2D eigenvalue weighted by atomic mass is 16.5. The van der Waals surface area contributed by atoms with Crippen LogP contribution < -0.4 is 9.64 Å². The van der Waals surface area contributed by atoms with Crippen molar-refractivity contribution in [1.82, 2.24) is 14.9 Å². The normalized spacial score (nSPS) is 26.6. The van der Waals surface area contributed by atoms with E-state index in [0.717, 1.165) is 64.5 Å². The first-order valence-electron chi connectivity index (χ1n) is 9.08. The monoisotopic (exact) mass is 350 g/mol. The molecular weight excluding hydrogens is 320 g/mol. The summed E-state index contributed by atoms with van der Waals surface area (Å²) in [6.07, 6.45) is 5.08. The molecule has 2 atom stereocenters. The molecule has 2 saturated heterocycles. The Morgan fingerprint density at radius 1 is 1.40 bits per heavy atom. The number of piperidine rings is 1. The molecule has 0 radical (unpaired) electrons. The maximum absolute atomic E-state index is 6.12. The van der Waals surface area contributed by atoms with Crippen molar-refractivity contribution in [2.45, 2.75) is 25.4 Å². The highest BCUT2D eigenvalue weighted by Gasteiger charge is 2.46. The first-order valence-corrected chi connectivity index (χ1v) is 9.08. The van der Waals surface area contributed by atoms with E-state index in [9.17, 15) is 0 Å². The Labute approximate surface area is 150 Å². The van der Waals surface area contributed by atoms with Gasteiger partial charge >= 0.3 is 0 Å². The van der Waals surface area contributed by atoms with Crippen LogP contribution in [0.15, 0.2) is 12.4 Å². The molecule has 25 heavy (non-hydrogen) atoms. The van der Waals surface area contributed by atoms with Crippen LogP contribution in [0, 0.1) is 5.41 Å². The lowest BCUT2D eigenvalue weighted by atomic mass is 9.73. The summed E-state index contributed by atoms with van der Waals surface area (Å²) in [5.41, 5.74) is 0.0427. The van der Waals surface area contributed by atoms with E-state index in [4.69, 9.17) is 14.2 Å². The molecule has 7 nitrogen and oxygen atoms in total. The molecule has 0 aliphatic carbocycles. The summed E-state index contributed by atoms with van der Waals surface area (Å²) in [6.45, 7) is 5.14. The molecule has 0 amide bonds. The molecule has 3 heterocycles. The van der Waals surface area contributed by atoms with Gasteiger partial charge in [-0.25, -0.2) is 9.97 Å². The zero-order valence-corrected chi connectivity index (χ0v) is 15.6. The Morgan fingerprint density at radius 3 is 3.08 bits per heavy atom. The topological polar surface area (TPSA) is 60.0 Å². The van der Waals surface area contributed by atoms with Gasteiger partial charge in [0.25, 0.3) is 0 Å². The third-order valence-electron chi connectivity index (χ3n) is 5.22. The van der Waals surface area contributed by atoms with Gasteiger partial charge in [-0.1, -0.05) is 0 Å². The number of hydrogen-bond donors (Lipinski definition) is 0. The van der Waals surface area contributed by atoms with Crippen molar-refractivity contribution in [2.75, 3.05) is 65.6 Å². The van der Waals surface area contributed by atoms with E-state index in [0.29, 0.717) is 5.88 Å². The predicted molar refractivity (Wildman–Crippen MR) is 96.2 cm³/mol. The first kappa shape index (κ1) is 18.4. The molecule has 7 heteroatoms. The van der Waals surface area contributed by atoms with Crippen molar-refractivity contribution in [3.63, 3.8) is 0 Å². The van der Waals surface area contributed by atoms with Crippen LogP contribution in [0.3, 0.4) is 0 Å². The maximum Gasteiger partial charge on any atom is 0.218 e. The number of methoxy groups -OCH3 is 1. The molecule has 0 bridgehead atoms. The molecule has 3 rings (SSSR count). The van der Waals surface area contributed by atoms with Gasteiger partial charge in [0.1, 0.15) is 12.1 Å². The Hall–Kier alpha value is -1.44. The van der Waals surface area contributed by atoms with Gasteiger partial charge in [0.05, 0.1) is 26.4 Å². The molecule has 1 aromatic rings. The number of likely N-dealkylation sites (N-methyl/N-ethyl adjacent to an activating group) is 1. The second-order valence-corrected chi connectivity index (χ2v) is 7.31. The Morgan fingerprint density at radius 2 is 2.28 bits per heavy atom. The molecule has 2 fully saturated rings. The van der Waals surface area contributed by atoms with Crippen molar-refractivity contribution in [3.05, 3.63) is 12.4 Å². The number of anilines is 1. The summed E-state index contributed by atoms with van der Waals surface area (Å²) in [5.74, 6) is 1.52. The molecular formula is C18H30N4O3. The van der Waals surface area contributed by atoms with E-state index in [2.05, 4.69) is 33.9 Å². The second-order valence-electron chi connectivity index (χ2n) is 7.31. The number of rotatable bonds is 7. The van der Waals surface area contributed by atoms with Crippen LogP contribution in [-0.4, -0.2) is 81.6 Å².